The maximum Gasteiger partial charge on any atom is 0.234 e. The Kier molecular flexibility index (Phi) is 7.12. The van der Waals surface area contributed by atoms with Crippen molar-refractivity contribution in [2.45, 2.75) is 44.7 Å². The van der Waals surface area contributed by atoms with E-state index in [0.717, 1.165) is 67.7 Å². The van der Waals surface area contributed by atoms with E-state index in [1.165, 1.54) is 6.33 Å². The Morgan fingerprint density at radius 2 is 1.83 bits per heavy atom. The minimum Gasteiger partial charge on any atom is -0.367 e. The molecule has 0 unspecified atom stereocenters. The zero-order valence-electron chi connectivity index (χ0n) is 20.3. The Balaban J connectivity index is 1.19. The van der Waals surface area contributed by atoms with Gasteiger partial charge in [0.2, 0.25) is 5.91 Å². The SMILES string of the molecule is Cc1sccc1C(=O)c1c[nH]c2ncnc(NC3CCC(NC(=O)CN4CCN(C)CC4)CC3)c12. The second-order valence-electron chi connectivity index (χ2n) is 9.71. The van der Waals surface area contributed by atoms with Crippen molar-refractivity contribution in [2.24, 2.45) is 0 Å². The van der Waals surface area contributed by atoms with Gasteiger partial charge in [0.05, 0.1) is 17.5 Å². The van der Waals surface area contributed by atoms with Crippen LogP contribution in [-0.2, 0) is 4.79 Å². The number of piperazine rings is 1. The summed E-state index contributed by atoms with van der Waals surface area (Å²) >= 11 is 1.57. The average Bonchev–Trinajstić information content (AvgIpc) is 3.48. The van der Waals surface area contributed by atoms with Gasteiger partial charge in [-0.25, -0.2) is 9.97 Å². The van der Waals surface area contributed by atoms with Crippen LogP contribution in [0.25, 0.3) is 11.0 Å². The van der Waals surface area contributed by atoms with Crippen molar-refractivity contribution < 1.29 is 9.59 Å². The van der Waals surface area contributed by atoms with Crippen LogP contribution in [0.4, 0.5) is 5.82 Å². The first-order valence-corrected chi connectivity index (χ1v) is 13.2. The lowest BCUT2D eigenvalue weighted by molar-refractivity contribution is -0.123. The first-order chi connectivity index (χ1) is 17.0. The normalized spacial score (nSPS) is 21.8. The number of nitrogens with one attached hydrogen (secondary N) is 3. The van der Waals surface area contributed by atoms with Gasteiger partial charge in [0.1, 0.15) is 17.8 Å². The minimum absolute atomic E-state index is 0.0142. The van der Waals surface area contributed by atoms with E-state index in [2.05, 4.69) is 42.4 Å². The van der Waals surface area contributed by atoms with E-state index in [1.54, 1.807) is 17.5 Å². The molecule has 9 nitrogen and oxygen atoms in total. The van der Waals surface area contributed by atoms with E-state index in [9.17, 15) is 9.59 Å². The van der Waals surface area contributed by atoms with Gasteiger partial charge < -0.3 is 20.5 Å². The summed E-state index contributed by atoms with van der Waals surface area (Å²) in [7, 11) is 2.12. The maximum absolute atomic E-state index is 13.2. The lowest BCUT2D eigenvalue weighted by atomic mass is 9.91. The molecule has 0 aromatic carbocycles. The van der Waals surface area contributed by atoms with Crippen LogP contribution in [0.15, 0.2) is 24.0 Å². The van der Waals surface area contributed by atoms with E-state index in [4.69, 9.17) is 0 Å². The molecule has 1 aliphatic carbocycles. The zero-order valence-corrected chi connectivity index (χ0v) is 21.2. The topological polar surface area (TPSA) is 106 Å². The van der Waals surface area contributed by atoms with Gasteiger partial charge >= 0.3 is 0 Å². The number of amides is 1. The monoisotopic (exact) mass is 495 g/mol. The predicted molar refractivity (Wildman–Crippen MR) is 138 cm³/mol. The highest BCUT2D eigenvalue weighted by atomic mass is 32.1. The van der Waals surface area contributed by atoms with Gasteiger partial charge in [-0.05, 0) is 51.1 Å². The molecule has 3 N–H and O–H groups in total. The molecule has 1 saturated carbocycles. The summed E-state index contributed by atoms with van der Waals surface area (Å²) in [6.45, 7) is 6.38. The van der Waals surface area contributed by atoms with Crippen molar-refractivity contribution in [3.63, 3.8) is 0 Å². The molecule has 0 spiro atoms. The molecule has 3 aromatic rings. The Morgan fingerprint density at radius 3 is 2.54 bits per heavy atom. The number of ketones is 1. The van der Waals surface area contributed by atoms with E-state index >= 15 is 0 Å². The maximum atomic E-state index is 13.2. The molecule has 0 radical (unpaired) electrons. The summed E-state index contributed by atoms with van der Waals surface area (Å²) in [5.41, 5.74) is 1.97. The summed E-state index contributed by atoms with van der Waals surface area (Å²) in [4.78, 5) is 43.2. The van der Waals surface area contributed by atoms with Gasteiger partial charge in [-0.3, -0.25) is 14.5 Å². The zero-order chi connectivity index (χ0) is 24.4. The number of aryl methyl sites for hydroxylation is 1. The van der Waals surface area contributed by atoms with E-state index in [0.29, 0.717) is 23.6 Å². The molecule has 1 aliphatic heterocycles. The van der Waals surface area contributed by atoms with Gasteiger partial charge in [-0.15, -0.1) is 11.3 Å². The molecule has 4 heterocycles. The Bertz CT molecular complexity index is 1190. The van der Waals surface area contributed by atoms with Crippen LogP contribution in [0.1, 0.15) is 46.5 Å². The number of hydrogen-bond donors (Lipinski definition) is 3. The number of aromatic amines is 1. The molecule has 2 aliphatic rings. The number of thiophene rings is 1. The average molecular weight is 496 g/mol. The van der Waals surface area contributed by atoms with Gasteiger partial charge in [-0.2, -0.15) is 0 Å². The molecular weight excluding hydrogens is 462 g/mol. The largest absolute Gasteiger partial charge is 0.367 e. The highest BCUT2D eigenvalue weighted by Gasteiger charge is 2.26. The second kappa shape index (κ2) is 10.4. The molecule has 3 aromatic heterocycles. The standard InChI is InChI=1S/C25H33N7O2S/c1-16-19(7-12-35-16)23(34)20-13-26-24-22(20)25(28-15-27-24)30-18-5-3-17(4-6-18)29-21(33)14-32-10-8-31(2)9-11-32/h7,12-13,15,17-18H,3-6,8-11,14H2,1-2H3,(H,29,33)(H2,26,27,28,30). The van der Waals surface area contributed by atoms with Crippen molar-refractivity contribution in [3.05, 3.63) is 40.0 Å². The molecule has 186 valence electrons. The Hall–Kier alpha value is -2.82. The number of aromatic nitrogens is 3. The van der Waals surface area contributed by atoms with Crippen molar-refractivity contribution >= 4 is 39.9 Å². The highest BCUT2D eigenvalue weighted by molar-refractivity contribution is 7.10. The molecule has 1 amide bonds. The van der Waals surface area contributed by atoms with Crippen LogP contribution in [0, 0.1) is 6.92 Å². The van der Waals surface area contributed by atoms with Crippen LogP contribution < -0.4 is 10.6 Å². The third-order valence-electron chi connectivity index (χ3n) is 7.21. The van der Waals surface area contributed by atoms with Crippen molar-refractivity contribution in [2.75, 3.05) is 45.1 Å². The quantitative estimate of drug-likeness (QED) is 0.433. The van der Waals surface area contributed by atoms with Gasteiger partial charge in [0.25, 0.3) is 0 Å². The molecule has 1 saturated heterocycles. The molecule has 2 fully saturated rings. The number of anilines is 1. The van der Waals surface area contributed by atoms with Crippen molar-refractivity contribution in [1.82, 2.24) is 30.1 Å². The number of carbonyl (C=O) groups is 2. The van der Waals surface area contributed by atoms with Crippen molar-refractivity contribution in [1.29, 1.82) is 0 Å². The van der Waals surface area contributed by atoms with Crippen LogP contribution in [0.2, 0.25) is 0 Å². The van der Waals surface area contributed by atoms with Crippen LogP contribution >= 0.6 is 11.3 Å². The summed E-state index contributed by atoms with van der Waals surface area (Å²) < 4.78 is 0. The van der Waals surface area contributed by atoms with E-state index < -0.39 is 0 Å². The van der Waals surface area contributed by atoms with Crippen LogP contribution in [0.5, 0.6) is 0 Å². The van der Waals surface area contributed by atoms with Gasteiger partial charge in [-0.1, -0.05) is 0 Å². The Labute approximate surface area is 209 Å². The first kappa shape index (κ1) is 23.9. The lowest BCUT2D eigenvalue weighted by Crippen LogP contribution is -2.50. The molecule has 10 heteroatoms. The first-order valence-electron chi connectivity index (χ1n) is 12.4. The number of nitrogens with zero attached hydrogens (tertiary/aromatic N) is 4. The third-order valence-corrected chi connectivity index (χ3v) is 8.06. The lowest BCUT2D eigenvalue weighted by Gasteiger charge is -2.33. The number of fused-ring (bicyclic) bond motifs is 1. The molecule has 0 atom stereocenters. The number of carbonyl (C=O) groups excluding carboxylic acids is 2. The predicted octanol–water partition coefficient (Wildman–Crippen LogP) is 2.65. The molecular formula is C25H33N7O2S. The second-order valence-corrected chi connectivity index (χ2v) is 10.8. The van der Waals surface area contributed by atoms with Crippen molar-refractivity contribution in [3.8, 4) is 0 Å². The fourth-order valence-corrected chi connectivity index (χ4v) is 5.77. The number of H-pyrrole nitrogens is 1. The van der Waals surface area contributed by atoms with Crippen LogP contribution in [0.3, 0.4) is 0 Å². The molecule has 0 bridgehead atoms. The Morgan fingerprint density at radius 1 is 1.09 bits per heavy atom. The van der Waals surface area contributed by atoms with Gasteiger partial charge in [0.15, 0.2) is 5.78 Å². The highest BCUT2D eigenvalue weighted by Crippen LogP contribution is 2.30. The fraction of sp³-hybridized carbons (Fsp3) is 0.520. The van der Waals surface area contributed by atoms with Gasteiger partial charge in [0, 0.05) is 54.9 Å². The summed E-state index contributed by atoms with van der Waals surface area (Å²) in [5.74, 6) is 0.803. The minimum atomic E-state index is -0.0142. The van der Waals surface area contributed by atoms with Crippen LogP contribution in [-0.4, -0.2) is 88.3 Å². The van der Waals surface area contributed by atoms with E-state index in [-0.39, 0.29) is 23.8 Å². The summed E-state index contributed by atoms with van der Waals surface area (Å²) in [6, 6.07) is 2.32. The fourth-order valence-electron chi connectivity index (χ4n) is 5.07. The number of likely N-dealkylation sites (N-methyl/N-ethyl adjacent to an activating group) is 1. The summed E-state index contributed by atoms with van der Waals surface area (Å²) in [5, 5.41) is 9.48. The number of rotatable bonds is 7. The van der Waals surface area contributed by atoms with E-state index in [1.807, 2.05) is 18.4 Å². The molecule has 35 heavy (non-hydrogen) atoms. The smallest absolute Gasteiger partial charge is 0.234 e. The summed E-state index contributed by atoms with van der Waals surface area (Å²) in [6.07, 6.45) is 6.97. The third kappa shape index (κ3) is 5.39. The number of hydrogen-bond acceptors (Lipinski definition) is 8. The molecule has 5 rings (SSSR count).